The van der Waals surface area contributed by atoms with E-state index in [0.717, 1.165) is 11.8 Å². The lowest BCUT2D eigenvalue weighted by molar-refractivity contribution is 0.211. The van der Waals surface area contributed by atoms with Crippen molar-refractivity contribution in [1.82, 2.24) is 10.4 Å². The second-order valence-corrected chi connectivity index (χ2v) is 4.24. The van der Waals surface area contributed by atoms with Crippen LogP contribution in [0, 0.1) is 11.8 Å². The number of hydrogen-bond donors (Lipinski definition) is 1. The van der Waals surface area contributed by atoms with Crippen LogP contribution in [0.1, 0.15) is 32.1 Å². The third-order valence-electron chi connectivity index (χ3n) is 3.67. The highest BCUT2D eigenvalue weighted by molar-refractivity contribution is 4.81. The predicted molar refractivity (Wildman–Crippen MR) is 50.7 cm³/mol. The zero-order valence-corrected chi connectivity index (χ0v) is 8.05. The fourth-order valence-electron chi connectivity index (χ4n) is 2.85. The van der Waals surface area contributed by atoms with Gasteiger partial charge in [0.05, 0.1) is 0 Å². The molecule has 0 aromatic heterocycles. The molecule has 0 radical (unpaired) electrons. The smallest absolute Gasteiger partial charge is 0.0133 e. The van der Waals surface area contributed by atoms with E-state index in [-0.39, 0.29) is 0 Å². The topological polar surface area (TPSA) is 15.3 Å². The van der Waals surface area contributed by atoms with Crippen LogP contribution in [0.15, 0.2) is 0 Å². The Balaban J connectivity index is 1.90. The van der Waals surface area contributed by atoms with Crippen molar-refractivity contribution in [2.75, 3.05) is 20.1 Å². The molecule has 70 valence electrons. The number of hydrazine groups is 1. The minimum Gasteiger partial charge on any atom is -0.258 e. The lowest BCUT2D eigenvalue weighted by Crippen LogP contribution is -2.35. The van der Waals surface area contributed by atoms with Crippen LogP contribution < -0.4 is 5.43 Å². The maximum absolute atomic E-state index is 3.27. The maximum atomic E-state index is 3.27. The first-order valence-corrected chi connectivity index (χ1v) is 5.32. The van der Waals surface area contributed by atoms with Crippen LogP contribution in [0.4, 0.5) is 0 Å². The summed E-state index contributed by atoms with van der Waals surface area (Å²) >= 11 is 0. The molecule has 0 spiro atoms. The van der Waals surface area contributed by atoms with E-state index in [9.17, 15) is 0 Å². The summed E-state index contributed by atoms with van der Waals surface area (Å²) in [4.78, 5) is 0. The molecular weight excluding hydrogens is 148 g/mol. The predicted octanol–water partition coefficient (Wildman–Crippen LogP) is 1.63. The number of nitrogens with zero attached hydrogens (tertiary/aromatic N) is 1. The third-order valence-corrected chi connectivity index (χ3v) is 3.67. The monoisotopic (exact) mass is 168 g/mol. The van der Waals surface area contributed by atoms with Gasteiger partial charge < -0.3 is 0 Å². The third kappa shape index (κ3) is 1.64. The molecule has 1 aliphatic heterocycles. The molecule has 0 amide bonds. The zero-order chi connectivity index (χ0) is 8.39. The van der Waals surface area contributed by atoms with Gasteiger partial charge in [-0.25, -0.2) is 5.01 Å². The Morgan fingerprint density at radius 1 is 1.00 bits per heavy atom. The number of hydrogen-bond acceptors (Lipinski definition) is 2. The van der Waals surface area contributed by atoms with Gasteiger partial charge in [-0.1, -0.05) is 19.3 Å². The van der Waals surface area contributed by atoms with Crippen LogP contribution in [0.2, 0.25) is 0 Å². The summed E-state index contributed by atoms with van der Waals surface area (Å²) in [6.45, 7) is 2.52. The molecule has 1 saturated carbocycles. The van der Waals surface area contributed by atoms with E-state index in [1.54, 1.807) is 0 Å². The lowest BCUT2D eigenvalue weighted by Gasteiger charge is -2.18. The molecule has 2 heteroatoms. The van der Waals surface area contributed by atoms with Crippen molar-refractivity contribution in [2.45, 2.75) is 32.1 Å². The summed E-state index contributed by atoms with van der Waals surface area (Å²) in [5.41, 5.74) is 3.27. The van der Waals surface area contributed by atoms with Crippen LogP contribution in [0.25, 0.3) is 0 Å². The van der Waals surface area contributed by atoms with Crippen molar-refractivity contribution in [2.24, 2.45) is 11.8 Å². The molecule has 12 heavy (non-hydrogen) atoms. The van der Waals surface area contributed by atoms with Crippen LogP contribution in [0.5, 0.6) is 0 Å². The minimum atomic E-state index is 1.06. The van der Waals surface area contributed by atoms with Crippen LogP contribution in [-0.4, -0.2) is 25.1 Å². The second-order valence-electron chi connectivity index (χ2n) is 4.24. The van der Waals surface area contributed by atoms with Gasteiger partial charge in [0.1, 0.15) is 0 Å². The van der Waals surface area contributed by atoms with Gasteiger partial charge in [0.2, 0.25) is 0 Å². The molecule has 2 nitrogen and oxygen atoms in total. The molecule has 2 rings (SSSR count). The highest BCUT2D eigenvalue weighted by atomic mass is 15.5. The SMILES string of the molecule is CNN1CCC2CCCC2CC1. The summed E-state index contributed by atoms with van der Waals surface area (Å²) in [6, 6.07) is 0. The first kappa shape index (κ1) is 8.52. The summed E-state index contributed by atoms with van der Waals surface area (Å²) < 4.78 is 0. The van der Waals surface area contributed by atoms with Crippen molar-refractivity contribution >= 4 is 0 Å². The fraction of sp³-hybridized carbons (Fsp3) is 1.00. The van der Waals surface area contributed by atoms with E-state index in [0.29, 0.717) is 0 Å². The summed E-state index contributed by atoms with van der Waals surface area (Å²) in [5, 5.41) is 2.37. The van der Waals surface area contributed by atoms with E-state index in [2.05, 4.69) is 10.4 Å². The molecule has 2 fully saturated rings. The van der Waals surface area contributed by atoms with Crippen LogP contribution in [0.3, 0.4) is 0 Å². The summed E-state index contributed by atoms with van der Waals surface area (Å²) in [7, 11) is 2.04. The summed E-state index contributed by atoms with van der Waals surface area (Å²) in [6.07, 6.45) is 7.34. The van der Waals surface area contributed by atoms with Crippen molar-refractivity contribution < 1.29 is 0 Å². The zero-order valence-electron chi connectivity index (χ0n) is 8.05. The molecule has 1 saturated heterocycles. The summed E-state index contributed by atoms with van der Waals surface area (Å²) in [5.74, 6) is 2.12. The van der Waals surface area contributed by atoms with Crippen molar-refractivity contribution in [3.8, 4) is 0 Å². The molecule has 1 heterocycles. The normalized spacial score (nSPS) is 37.8. The standard InChI is InChI=1S/C10H20N2/c1-11-12-7-5-9-3-2-4-10(9)6-8-12/h9-11H,2-8H2,1H3. The number of rotatable bonds is 1. The van der Waals surface area contributed by atoms with Gasteiger partial charge in [0.25, 0.3) is 0 Å². The van der Waals surface area contributed by atoms with Gasteiger partial charge in [-0.15, -0.1) is 0 Å². The average Bonchev–Trinajstić information content (AvgIpc) is 2.46. The van der Waals surface area contributed by atoms with Gasteiger partial charge in [-0.2, -0.15) is 0 Å². The first-order chi connectivity index (χ1) is 5.90. The number of nitrogens with one attached hydrogen (secondary N) is 1. The van der Waals surface area contributed by atoms with Gasteiger partial charge >= 0.3 is 0 Å². The number of fused-ring (bicyclic) bond motifs is 1. The highest BCUT2D eigenvalue weighted by Gasteiger charge is 2.29. The van der Waals surface area contributed by atoms with Gasteiger partial charge in [-0.05, 0) is 31.7 Å². The van der Waals surface area contributed by atoms with E-state index < -0.39 is 0 Å². The molecule has 0 bridgehead atoms. The Morgan fingerprint density at radius 3 is 2.08 bits per heavy atom. The Morgan fingerprint density at radius 2 is 1.58 bits per heavy atom. The Kier molecular flexibility index (Phi) is 2.66. The molecule has 2 atom stereocenters. The molecule has 2 aliphatic rings. The van der Waals surface area contributed by atoms with E-state index in [4.69, 9.17) is 0 Å². The van der Waals surface area contributed by atoms with Crippen molar-refractivity contribution in [3.05, 3.63) is 0 Å². The molecule has 1 aliphatic carbocycles. The second kappa shape index (κ2) is 3.75. The fourth-order valence-corrected chi connectivity index (χ4v) is 2.85. The van der Waals surface area contributed by atoms with Crippen LogP contribution >= 0.6 is 0 Å². The lowest BCUT2D eigenvalue weighted by atomic mass is 9.92. The molecule has 0 aromatic rings. The average molecular weight is 168 g/mol. The largest absolute Gasteiger partial charge is 0.258 e. The Labute approximate surface area is 75.3 Å². The Hall–Kier alpha value is -0.0800. The van der Waals surface area contributed by atoms with Gasteiger partial charge in [0.15, 0.2) is 0 Å². The maximum Gasteiger partial charge on any atom is 0.0133 e. The van der Waals surface area contributed by atoms with Gasteiger partial charge in [0, 0.05) is 13.1 Å². The van der Waals surface area contributed by atoms with Crippen molar-refractivity contribution in [1.29, 1.82) is 0 Å². The van der Waals surface area contributed by atoms with Gasteiger partial charge in [-0.3, -0.25) is 5.43 Å². The first-order valence-electron chi connectivity index (χ1n) is 5.32. The van der Waals surface area contributed by atoms with Crippen molar-refractivity contribution in [3.63, 3.8) is 0 Å². The molecule has 1 N–H and O–H groups in total. The minimum absolute atomic E-state index is 1.06. The Bertz CT molecular complexity index is 133. The van der Waals surface area contributed by atoms with E-state index in [1.807, 2.05) is 7.05 Å². The molecule has 2 unspecified atom stereocenters. The quantitative estimate of drug-likeness (QED) is 0.640. The van der Waals surface area contributed by atoms with E-state index in [1.165, 1.54) is 45.2 Å². The molecule has 0 aromatic carbocycles. The molecular formula is C10H20N2. The highest BCUT2D eigenvalue weighted by Crippen LogP contribution is 2.37. The van der Waals surface area contributed by atoms with E-state index >= 15 is 0 Å². The van der Waals surface area contributed by atoms with Crippen LogP contribution in [-0.2, 0) is 0 Å².